The van der Waals surface area contributed by atoms with E-state index in [0.717, 1.165) is 16.7 Å². The van der Waals surface area contributed by atoms with E-state index >= 15 is 0 Å². The first-order valence-electron chi connectivity index (χ1n) is 5.50. The molecule has 0 aliphatic heterocycles. The zero-order chi connectivity index (χ0) is 12.3. The van der Waals surface area contributed by atoms with Gasteiger partial charge in [0.25, 0.3) is 0 Å². The standard InChI is InChI=1S/C14H15FN2/c15-13-6-4-11(5-7-13)14(17)12-3-1-2-10(8-12)9-16/h1-8,14H,9,16-17H2. The molecule has 0 aromatic heterocycles. The second kappa shape index (κ2) is 5.08. The Labute approximate surface area is 100 Å². The van der Waals surface area contributed by atoms with Crippen LogP contribution in [0.4, 0.5) is 4.39 Å². The van der Waals surface area contributed by atoms with Gasteiger partial charge in [-0.3, -0.25) is 0 Å². The van der Waals surface area contributed by atoms with Crippen LogP contribution >= 0.6 is 0 Å². The summed E-state index contributed by atoms with van der Waals surface area (Å²) >= 11 is 0. The molecule has 0 heterocycles. The van der Waals surface area contributed by atoms with Gasteiger partial charge in [0.2, 0.25) is 0 Å². The lowest BCUT2D eigenvalue weighted by Crippen LogP contribution is -2.12. The highest BCUT2D eigenvalue weighted by Gasteiger charge is 2.08. The largest absolute Gasteiger partial charge is 0.326 e. The Balaban J connectivity index is 2.29. The molecule has 2 aromatic rings. The van der Waals surface area contributed by atoms with Gasteiger partial charge in [-0.05, 0) is 28.8 Å². The molecule has 4 N–H and O–H groups in total. The Bertz CT molecular complexity index is 494. The highest BCUT2D eigenvalue weighted by Crippen LogP contribution is 2.20. The van der Waals surface area contributed by atoms with Gasteiger partial charge >= 0.3 is 0 Å². The van der Waals surface area contributed by atoms with E-state index < -0.39 is 0 Å². The molecule has 3 heteroatoms. The topological polar surface area (TPSA) is 52.0 Å². The van der Waals surface area contributed by atoms with Crippen LogP contribution in [0.5, 0.6) is 0 Å². The van der Waals surface area contributed by atoms with E-state index in [4.69, 9.17) is 11.5 Å². The molecule has 0 spiro atoms. The average molecular weight is 230 g/mol. The van der Waals surface area contributed by atoms with Crippen LogP contribution in [0.1, 0.15) is 22.7 Å². The third-order valence-electron chi connectivity index (χ3n) is 2.77. The van der Waals surface area contributed by atoms with Crippen molar-refractivity contribution in [2.75, 3.05) is 0 Å². The number of hydrogen-bond donors (Lipinski definition) is 2. The van der Waals surface area contributed by atoms with E-state index in [1.165, 1.54) is 12.1 Å². The van der Waals surface area contributed by atoms with Crippen LogP contribution in [-0.2, 0) is 6.54 Å². The fourth-order valence-electron chi connectivity index (χ4n) is 1.78. The summed E-state index contributed by atoms with van der Waals surface area (Å²) in [6, 6.07) is 13.8. The first-order chi connectivity index (χ1) is 8.20. The van der Waals surface area contributed by atoms with E-state index in [1.807, 2.05) is 24.3 Å². The predicted molar refractivity (Wildman–Crippen MR) is 66.8 cm³/mol. The molecule has 0 aliphatic carbocycles. The SMILES string of the molecule is NCc1cccc(C(N)c2ccc(F)cc2)c1. The van der Waals surface area contributed by atoms with E-state index in [0.29, 0.717) is 6.54 Å². The third-order valence-corrected chi connectivity index (χ3v) is 2.77. The maximum Gasteiger partial charge on any atom is 0.123 e. The molecule has 1 unspecified atom stereocenters. The number of hydrogen-bond acceptors (Lipinski definition) is 2. The molecule has 88 valence electrons. The molecule has 0 saturated heterocycles. The number of benzene rings is 2. The molecule has 17 heavy (non-hydrogen) atoms. The summed E-state index contributed by atoms with van der Waals surface area (Å²) in [7, 11) is 0. The predicted octanol–water partition coefficient (Wildman–Crippen LogP) is 2.33. The smallest absolute Gasteiger partial charge is 0.123 e. The van der Waals surface area contributed by atoms with E-state index in [9.17, 15) is 4.39 Å². The summed E-state index contributed by atoms with van der Waals surface area (Å²) in [5.74, 6) is -0.253. The minimum atomic E-state index is -0.253. The van der Waals surface area contributed by atoms with E-state index in [2.05, 4.69) is 0 Å². The number of halogens is 1. The van der Waals surface area contributed by atoms with Crippen molar-refractivity contribution >= 4 is 0 Å². The van der Waals surface area contributed by atoms with Crippen LogP contribution in [0.15, 0.2) is 48.5 Å². The van der Waals surface area contributed by atoms with Gasteiger partial charge in [-0.25, -0.2) is 4.39 Å². The van der Waals surface area contributed by atoms with Crippen LogP contribution < -0.4 is 11.5 Å². The van der Waals surface area contributed by atoms with Crippen LogP contribution in [0.2, 0.25) is 0 Å². The Morgan fingerprint density at radius 1 is 1.00 bits per heavy atom. The van der Waals surface area contributed by atoms with Crippen molar-refractivity contribution in [3.63, 3.8) is 0 Å². The lowest BCUT2D eigenvalue weighted by molar-refractivity contribution is 0.626. The summed E-state index contributed by atoms with van der Waals surface area (Å²) in [6.45, 7) is 0.490. The fourth-order valence-corrected chi connectivity index (χ4v) is 1.78. The Kier molecular flexibility index (Phi) is 3.52. The highest BCUT2D eigenvalue weighted by molar-refractivity contribution is 5.33. The molecule has 0 amide bonds. The van der Waals surface area contributed by atoms with Crippen LogP contribution in [-0.4, -0.2) is 0 Å². The maximum absolute atomic E-state index is 12.8. The quantitative estimate of drug-likeness (QED) is 0.850. The summed E-state index contributed by atoms with van der Waals surface area (Å²) in [5, 5.41) is 0. The van der Waals surface area contributed by atoms with Gasteiger partial charge in [-0.2, -0.15) is 0 Å². The molecule has 0 radical (unpaired) electrons. The van der Waals surface area contributed by atoms with Crippen molar-refractivity contribution in [3.8, 4) is 0 Å². The summed E-state index contributed by atoms with van der Waals surface area (Å²) in [4.78, 5) is 0. The molecule has 1 atom stereocenters. The lowest BCUT2D eigenvalue weighted by atomic mass is 9.98. The second-order valence-electron chi connectivity index (χ2n) is 3.98. The minimum absolute atomic E-state index is 0.248. The third kappa shape index (κ3) is 2.70. The van der Waals surface area contributed by atoms with Gasteiger partial charge in [0.15, 0.2) is 0 Å². The zero-order valence-electron chi connectivity index (χ0n) is 9.44. The minimum Gasteiger partial charge on any atom is -0.326 e. The second-order valence-corrected chi connectivity index (χ2v) is 3.98. The van der Waals surface area contributed by atoms with E-state index in [-0.39, 0.29) is 11.9 Å². The van der Waals surface area contributed by atoms with Gasteiger partial charge in [0.1, 0.15) is 5.82 Å². The van der Waals surface area contributed by atoms with Gasteiger partial charge in [-0.1, -0.05) is 36.4 Å². The Morgan fingerprint density at radius 3 is 2.35 bits per heavy atom. The van der Waals surface area contributed by atoms with Gasteiger partial charge in [-0.15, -0.1) is 0 Å². The first kappa shape index (κ1) is 11.8. The van der Waals surface area contributed by atoms with Crippen molar-refractivity contribution in [3.05, 3.63) is 71.0 Å². The Morgan fingerprint density at radius 2 is 1.71 bits per heavy atom. The van der Waals surface area contributed by atoms with Crippen LogP contribution in [0.25, 0.3) is 0 Å². The van der Waals surface area contributed by atoms with Crippen molar-refractivity contribution in [1.82, 2.24) is 0 Å². The summed E-state index contributed by atoms with van der Waals surface area (Å²) in [5.41, 5.74) is 14.6. The van der Waals surface area contributed by atoms with Gasteiger partial charge in [0.05, 0.1) is 6.04 Å². The first-order valence-corrected chi connectivity index (χ1v) is 5.50. The molecular formula is C14H15FN2. The van der Waals surface area contributed by atoms with Crippen molar-refractivity contribution in [2.24, 2.45) is 11.5 Å². The summed E-state index contributed by atoms with van der Waals surface area (Å²) < 4.78 is 12.8. The normalized spacial score (nSPS) is 12.4. The monoisotopic (exact) mass is 230 g/mol. The zero-order valence-corrected chi connectivity index (χ0v) is 9.44. The average Bonchev–Trinajstić information content (AvgIpc) is 2.39. The molecule has 0 saturated carbocycles. The fraction of sp³-hybridized carbons (Fsp3) is 0.143. The summed E-state index contributed by atoms with van der Waals surface area (Å²) in [6.07, 6.45) is 0. The molecule has 0 bridgehead atoms. The molecule has 2 aromatic carbocycles. The number of rotatable bonds is 3. The molecule has 2 rings (SSSR count). The molecular weight excluding hydrogens is 215 g/mol. The van der Waals surface area contributed by atoms with Gasteiger partial charge in [0, 0.05) is 6.54 Å². The molecule has 2 nitrogen and oxygen atoms in total. The van der Waals surface area contributed by atoms with Crippen LogP contribution in [0, 0.1) is 5.82 Å². The van der Waals surface area contributed by atoms with Crippen molar-refractivity contribution < 1.29 is 4.39 Å². The van der Waals surface area contributed by atoms with Gasteiger partial charge < -0.3 is 11.5 Å². The van der Waals surface area contributed by atoms with Crippen molar-refractivity contribution in [1.29, 1.82) is 0 Å². The number of nitrogens with two attached hydrogens (primary N) is 2. The maximum atomic E-state index is 12.8. The molecule has 0 aliphatic rings. The van der Waals surface area contributed by atoms with Crippen molar-refractivity contribution in [2.45, 2.75) is 12.6 Å². The van der Waals surface area contributed by atoms with E-state index in [1.54, 1.807) is 12.1 Å². The highest BCUT2D eigenvalue weighted by atomic mass is 19.1. The lowest BCUT2D eigenvalue weighted by Gasteiger charge is -2.13. The Hall–Kier alpha value is -1.71. The molecule has 0 fully saturated rings. The van der Waals surface area contributed by atoms with Crippen LogP contribution in [0.3, 0.4) is 0 Å².